The number of benzene rings is 2. The van der Waals surface area contributed by atoms with E-state index >= 15 is 0 Å². The van der Waals surface area contributed by atoms with Gasteiger partial charge >= 0.3 is 5.97 Å². The zero-order chi connectivity index (χ0) is 20.0. The van der Waals surface area contributed by atoms with Crippen molar-refractivity contribution in [1.29, 1.82) is 0 Å². The Morgan fingerprint density at radius 2 is 1.93 bits per heavy atom. The van der Waals surface area contributed by atoms with Crippen LogP contribution in [0.1, 0.15) is 54.6 Å². The first-order chi connectivity index (χ1) is 14.2. The van der Waals surface area contributed by atoms with Crippen LogP contribution in [0.25, 0.3) is 0 Å². The zero-order valence-corrected chi connectivity index (χ0v) is 17.0. The maximum Gasteiger partial charge on any atom is 0.333 e. The number of carbonyl (C=O) groups excluding carboxylic acids is 1. The van der Waals surface area contributed by atoms with Gasteiger partial charge in [0, 0.05) is 18.4 Å². The fourth-order valence-electron chi connectivity index (χ4n) is 5.29. The van der Waals surface area contributed by atoms with Gasteiger partial charge in [-0.25, -0.2) is 4.79 Å². The lowest BCUT2D eigenvalue weighted by Crippen LogP contribution is -2.40. The van der Waals surface area contributed by atoms with Crippen molar-refractivity contribution in [3.05, 3.63) is 82.4 Å². The van der Waals surface area contributed by atoms with Crippen LogP contribution in [0.15, 0.2) is 60.2 Å². The number of fused-ring (bicyclic) bond motifs is 5. The van der Waals surface area contributed by atoms with E-state index in [1.165, 1.54) is 22.3 Å². The highest BCUT2D eigenvalue weighted by Crippen LogP contribution is 2.52. The summed E-state index contributed by atoms with van der Waals surface area (Å²) in [5.74, 6) is -0.219. The van der Waals surface area contributed by atoms with Crippen LogP contribution >= 0.6 is 0 Å². The summed E-state index contributed by atoms with van der Waals surface area (Å²) in [6.45, 7) is 4.46. The molecule has 0 N–H and O–H groups in total. The Hall–Kier alpha value is -2.43. The maximum absolute atomic E-state index is 12.5. The highest BCUT2D eigenvalue weighted by atomic mass is 16.5. The molecule has 0 bridgehead atoms. The van der Waals surface area contributed by atoms with Crippen molar-refractivity contribution in [2.45, 2.75) is 57.5 Å². The number of rotatable bonds is 4. The Morgan fingerprint density at radius 1 is 1.10 bits per heavy atom. The summed E-state index contributed by atoms with van der Waals surface area (Å²) in [5, 5.41) is 0. The van der Waals surface area contributed by atoms with Crippen LogP contribution in [-0.2, 0) is 27.1 Å². The summed E-state index contributed by atoms with van der Waals surface area (Å²) in [4.78, 5) is 15.0. The van der Waals surface area contributed by atoms with Gasteiger partial charge in [0.25, 0.3) is 0 Å². The van der Waals surface area contributed by atoms with Gasteiger partial charge in [-0.05, 0) is 35.6 Å². The van der Waals surface area contributed by atoms with Crippen molar-refractivity contribution < 1.29 is 14.3 Å². The molecule has 2 aliphatic heterocycles. The second-order valence-electron chi connectivity index (χ2n) is 8.04. The highest BCUT2D eigenvalue weighted by molar-refractivity contribution is 5.89. The van der Waals surface area contributed by atoms with Crippen molar-refractivity contribution in [3.63, 3.8) is 0 Å². The topological polar surface area (TPSA) is 38.8 Å². The Kier molecular flexibility index (Phi) is 4.76. The quantitative estimate of drug-likeness (QED) is 0.722. The monoisotopic (exact) mass is 389 g/mol. The van der Waals surface area contributed by atoms with Crippen LogP contribution < -0.4 is 0 Å². The van der Waals surface area contributed by atoms with E-state index < -0.39 is 0 Å². The van der Waals surface area contributed by atoms with Gasteiger partial charge in [-0.1, -0.05) is 61.5 Å². The average molecular weight is 389 g/mol. The van der Waals surface area contributed by atoms with Gasteiger partial charge < -0.3 is 9.47 Å². The second-order valence-corrected chi connectivity index (χ2v) is 8.04. The summed E-state index contributed by atoms with van der Waals surface area (Å²) in [7, 11) is 0. The molecule has 1 aliphatic carbocycles. The van der Waals surface area contributed by atoms with Gasteiger partial charge in [-0.2, -0.15) is 0 Å². The molecule has 2 aromatic rings. The second kappa shape index (κ2) is 7.43. The standard InChI is InChI=1S/C25H27NO3/c1-3-16-11-8-12-18-14-21-24(23(16)18)26-20(17-9-6-5-7-10-17)13-19(15-22(26)29-21)25(27)28-4-2/h5-13,20-22,24H,3-4,14-15H2,1-2H3/t20-,21+,22+,24+/m0/s1. The molecule has 4 atom stereocenters. The molecule has 0 radical (unpaired) electrons. The number of ether oxygens (including phenoxy) is 2. The average Bonchev–Trinajstić information content (AvgIpc) is 3.29. The van der Waals surface area contributed by atoms with Crippen LogP contribution in [-0.4, -0.2) is 29.8 Å². The first kappa shape index (κ1) is 18.6. The van der Waals surface area contributed by atoms with E-state index in [1.54, 1.807) is 0 Å². The van der Waals surface area contributed by atoms with E-state index in [-0.39, 0.29) is 30.4 Å². The third-order valence-electron chi connectivity index (χ3n) is 6.48. The highest BCUT2D eigenvalue weighted by Gasteiger charge is 2.52. The molecular weight excluding hydrogens is 362 g/mol. The molecule has 150 valence electrons. The van der Waals surface area contributed by atoms with Gasteiger partial charge in [0.1, 0.15) is 6.23 Å². The Balaban J connectivity index is 1.60. The van der Waals surface area contributed by atoms with Crippen LogP contribution in [0.4, 0.5) is 0 Å². The van der Waals surface area contributed by atoms with Crippen LogP contribution in [0.5, 0.6) is 0 Å². The van der Waals surface area contributed by atoms with Crippen molar-refractivity contribution in [1.82, 2.24) is 4.90 Å². The summed E-state index contributed by atoms with van der Waals surface area (Å²) in [5.41, 5.74) is 6.17. The summed E-state index contributed by atoms with van der Waals surface area (Å²) in [6.07, 6.45) is 4.68. The molecule has 0 amide bonds. The van der Waals surface area contributed by atoms with E-state index in [0.717, 1.165) is 18.4 Å². The van der Waals surface area contributed by atoms with Crippen molar-refractivity contribution in [3.8, 4) is 0 Å². The fourth-order valence-corrected chi connectivity index (χ4v) is 5.29. The third-order valence-corrected chi connectivity index (χ3v) is 6.48. The molecular formula is C25H27NO3. The minimum absolute atomic E-state index is 0.000202. The predicted molar refractivity (Wildman–Crippen MR) is 111 cm³/mol. The molecule has 1 saturated heterocycles. The fraction of sp³-hybridized carbons (Fsp3) is 0.400. The molecule has 0 aromatic heterocycles. The molecule has 29 heavy (non-hydrogen) atoms. The lowest BCUT2D eigenvalue weighted by atomic mass is 9.91. The van der Waals surface area contributed by atoms with Gasteiger partial charge in [0.05, 0.1) is 24.8 Å². The lowest BCUT2D eigenvalue weighted by Gasteiger charge is -2.38. The van der Waals surface area contributed by atoms with E-state index in [9.17, 15) is 4.79 Å². The smallest absolute Gasteiger partial charge is 0.333 e. The minimum atomic E-state index is -0.219. The molecule has 0 unspecified atom stereocenters. The van der Waals surface area contributed by atoms with E-state index in [2.05, 4.69) is 60.4 Å². The lowest BCUT2D eigenvalue weighted by molar-refractivity contribution is -0.139. The van der Waals surface area contributed by atoms with Gasteiger partial charge in [0.2, 0.25) is 0 Å². The van der Waals surface area contributed by atoms with Gasteiger partial charge in [0.15, 0.2) is 0 Å². The van der Waals surface area contributed by atoms with Gasteiger partial charge in [-0.15, -0.1) is 0 Å². The summed E-state index contributed by atoms with van der Waals surface area (Å²) in [6, 6.07) is 17.3. The number of carbonyl (C=O) groups is 1. The van der Waals surface area contributed by atoms with E-state index in [1.807, 2.05) is 13.0 Å². The normalized spacial score (nSPS) is 27.7. The molecule has 1 fully saturated rings. The Morgan fingerprint density at radius 3 is 2.69 bits per heavy atom. The van der Waals surface area contributed by atoms with E-state index in [0.29, 0.717) is 13.0 Å². The molecule has 3 aliphatic rings. The largest absolute Gasteiger partial charge is 0.463 e. The molecule has 0 spiro atoms. The van der Waals surface area contributed by atoms with Crippen molar-refractivity contribution in [2.24, 2.45) is 0 Å². The van der Waals surface area contributed by atoms with Crippen LogP contribution in [0.2, 0.25) is 0 Å². The molecule has 4 heteroatoms. The van der Waals surface area contributed by atoms with Gasteiger partial charge in [-0.3, -0.25) is 4.90 Å². The van der Waals surface area contributed by atoms with Crippen molar-refractivity contribution >= 4 is 5.97 Å². The number of nitrogens with zero attached hydrogens (tertiary/aromatic N) is 1. The summed E-state index contributed by atoms with van der Waals surface area (Å²) < 4.78 is 11.9. The molecule has 0 saturated carbocycles. The first-order valence-electron chi connectivity index (χ1n) is 10.7. The Bertz CT molecular complexity index is 952. The molecule has 4 nitrogen and oxygen atoms in total. The van der Waals surface area contributed by atoms with Crippen LogP contribution in [0.3, 0.4) is 0 Å². The number of hydrogen-bond acceptors (Lipinski definition) is 4. The maximum atomic E-state index is 12.5. The molecule has 5 rings (SSSR count). The van der Waals surface area contributed by atoms with Crippen LogP contribution in [0, 0.1) is 0 Å². The molecule has 2 heterocycles. The number of aryl methyl sites for hydroxylation is 1. The molecule has 2 aromatic carbocycles. The zero-order valence-electron chi connectivity index (χ0n) is 17.0. The number of hydrogen-bond donors (Lipinski definition) is 0. The first-order valence-corrected chi connectivity index (χ1v) is 10.7. The Labute approximate surface area is 172 Å². The SMILES string of the molecule is CCOC(=O)C1=C[C@@H](c2ccccc2)N2[C@@H](C1)O[C@@H]1Cc3cccc(CC)c3[C@@H]12. The third kappa shape index (κ3) is 3.02. The summed E-state index contributed by atoms with van der Waals surface area (Å²) >= 11 is 0. The van der Waals surface area contributed by atoms with E-state index in [4.69, 9.17) is 9.47 Å². The van der Waals surface area contributed by atoms with Crippen molar-refractivity contribution in [2.75, 3.05) is 6.61 Å². The number of esters is 1. The minimum Gasteiger partial charge on any atom is -0.463 e. The predicted octanol–water partition coefficient (Wildman–Crippen LogP) is 4.51.